The Morgan fingerprint density at radius 3 is 1.72 bits per heavy atom. The van der Waals surface area contributed by atoms with Gasteiger partial charge in [0.15, 0.2) is 23.0 Å². The Balaban J connectivity index is 1.45. The molecule has 2 aliphatic rings. The van der Waals surface area contributed by atoms with Gasteiger partial charge < -0.3 is 18.9 Å². The van der Waals surface area contributed by atoms with Crippen molar-refractivity contribution in [2.24, 2.45) is 0 Å². The number of hydrogen-bond donors (Lipinski definition) is 0. The highest BCUT2D eigenvalue weighted by atomic mass is 31.1. The number of ether oxygens (including phenoxy) is 4. The molecule has 0 fully saturated rings. The summed E-state index contributed by atoms with van der Waals surface area (Å²) < 4.78 is 22.9. The predicted octanol–water partition coefficient (Wildman–Crippen LogP) is 6.88. The van der Waals surface area contributed by atoms with Gasteiger partial charge in [-0.2, -0.15) is 0 Å². The first-order valence-corrected chi connectivity index (χ1v) is 14.3. The van der Waals surface area contributed by atoms with E-state index in [4.69, 9.17) is 18.9 Å². The molecule has 0 amide bonds. The van der Waals surface area contributed by atoms with E-state index in [-0.39, 0.29) is 13.6 Å². The van der Waals surface area contributed by atoms with E-state index in [2.05, 4.69) is 103 Å². The summed E-state index contributed by atoms with van der Waals surface area (Å²) >= 11 is 0. The molecule has 0 aliphatic carbocycles. The summed E-state index contributed by atoms with van der Waals surface area (Å²) in [6.07, 6.45) is 0. The van der Waals surface area contributed by atoms with E-state index in [1.807, 2.05) is 12.1 Å². The van der Waals surface area contributed by atoms with Crippen molar-refractivity contribution in [2.75, 3.05) is 13.6 Å². The molecule has 188 valence electrons. The summed E-state index contributed by atoms with van der Waals surface area (Å²) in [5.41, 5.74) is 2.49. The molecule has 5 heteroatoms. The van der Waals surface area contributed by atoms with Crippen molar-refractivity contribution in [2.45, 2.75) is 0 Å². The van der Waals surface area contributed by atoms with Crippen molar-refractivity contribution >= 4 is 45.4 Å². The van der Waals surface area contributed by atoms with Crippen LogP contribution in [0.3, 0.4) is 0 Å². The summed E-state index contributed by atoms with van der Waals surface area (Å²) in [5, 5.41) is 8.57. The van der Waals surface area contributed by atoms with Gasteiger partial charge in [-0.3, -0.25) is 0 Å². The fourth-order valence-corrected chi connectivity index (χ4v) is 8.13. The van der Waals surface area contributed by atoms with E-state index in [1.54, 1.807) is 0 Å². The number of fused-ring (bicyclic) bond motifs is 4. The maximum absolute atomic E-state index is 5.82. The molecule has 2 heterocycles. The highest BCUT2D eigenvalue weighted by Gasteiger charge is 2.27. The van der Waals surface area contributed by atoms with Crippen LogP contribution < -0.4 is 34.9 Å². The van der Waals surface area contributed by atoms with Crippen molar-refractivity contribution < 1.29 is 18.9 Å². The van der Waals surface area contributed by atoms with Gasteiger partial charge in [-0.25, -0.2) is 0 Å². The minimum Gasteiger partial charge on any atom is -0.454 e. The second-order valence-electron chi connectivity index (χ2n) is 9.62. The van der Waals surface area contributed by atoms with E-state index >= 15 is 0 Å². The Morgan fingerprint density at radius 2 is 1.03 bits per heavy atom. The molecule has 39 heavy (non-hydrogen) atoms. The zero-order valence-electron chi connectivity index (χ0n) is 21.0. The third kappa shape index (κ3) is 3.71. The summed E-state index contributed by atoms with van der Waals surface area (Å²) in [7, 11) is -1.00. The predicted molar refractivity (Wildman–Crippen MR) is 158 cm³/mol. The van der Waals surface area contributed by atoms with E-state index in [0.29, 0.717) is 0 Å². The molecule has 6 aromatic rings. The first-order chi connectivity index (χ1) is 19.3. The Bertz CT molecular complexity index is 1830. The molecule has 0 saturated heterocycles. The van der Waals surface area contributed by atoms with Crippen LogP contribution in [0.1, 0.15) is 0 Å². The highest BCUT2D eigenvalue weighted by molar-refractivity contribution is 7.80. The molecule has 0 atom stereocenters. The molecule has 0 bridgehead atoms. The summed E-state index contributed by atoms with van der Waals surface area (Å²) in [6.45, 7) is 0.496. The lowest BCUT2D eigenvalue weighted by Crippen LogP contribution is -2.22. The molecule has 0 aromatic heterocycles. The number of hydrogen-bond acceptors (Lipinski definition) is 4. The molecule has 0 unspecified atom stereocenters. The molecule has 8 rings (SSSR count). The van der Waals surface area contributed by atoms with Crippen LogP contribution in [0.2, 0.25) is 0 Å². The summed E-state index contributed by atoms with van der Waals surface area (Å²) in [5.74, 6) is 3.14. The maximum atomic E-state index is 5.82. The van der Waals surface area contributed by atoms with E-state index in [9.17, 15) is 0 Å². The van der Waals surface area contributed by atoms with Gasteiger partial charge >= 0.3 is 0 Å². The van der Waals surface area contributed by atoms with Gasteiger partial charge in [-0.15, -0.1) is 0 Å². The van der Waals surface area contributed by atoms with Crippen LogP contribution in [0, 0.1) is 0 Å². The Morgan fingerprint density at radius 1 is 0.462 bits per heavy atom. The minimum absolute atomic E-state index is 0.248. The zero-order chi connectivity index (χ0) is 25.8. The lowest BCUT2D eigenvalue weighted by Gasteiger charge is -2.25. The first kappa shape index (κ1) is 22.5. The minimum atomic E-state index is -1.00. The Kier molecular flexibility index (Phi) is 5.21. The SMILES string of the molecule is c1ccc2c(-c3c(P(c4ccc5c(c4)OCO5)c4ccc5c(c4)OCO5)ccc4ccccc34)cccc2c1. The van der Waals surface area contributed by atoms with Crippen molar-refractivity contribution in [3.8, 4) is 34.1 Å². The Hall–Kier alpha value is -4.53. The molecule has 6 aromatic carbocycles. The molecular formula is C34H23O4P. The van der Waals surface area contributed by atoms with Crippen LogP contribution in [0.25, 0.3) is 32.7 Å². The van der Waals surface area contributed by atoms with Gasteiger partial charge in [-0.05, 0) is 92.9 Å². The lowest BCUT2D eigenvalue weighted by molar-refractivity contribution is 0.173. The molecule has 0 spiro atoms. The topological polar surface area (TPSA) is 36.9 Å². The molecule has 2 aliphatic heterocycles. The van der Waals surface area contributed by atoms with Crippen LogP contribution in [0.5, 0.6) is 23.0 Å². The molecular weight excluding hydrogens is 503 g/mol. The highest BCUT2D eigenvalue weighted by Crippen LogP contribution is 2.45. The first-order valence-electron chi connectivity index (χ1n) is 12.9. The second-order valence-corrected chi connectivity index (χ2v) is 11.8. The normalized spacial score (nSPS) is 13.5. The largest absolute Gasteiger partial charge is 0.454 e. The van der Waals surface area contributed by atoms with Crippen LogP contribution in [0.15, 0.2) is 115 Å². The standard InChI is InChI=1S/C34H23O4P/c1-3-9-26-22(6-1)8-5-11-28(26)34-27-10-4-2-7-23(27)12-17-33(34)39(24-13-15-29-31(18-24)37-20-35-29)25-14-16-30-32(19-25)38-21-36-30/h1-19H,20-21H2. The fraction of sp³-hybridized carbons (Fsp3) is 0.0588. The van der Waals surface area contributed by atoms with Crippen molar-refractivity contribution in [1.29, 1.82) is 0 Å². The smallest absolute Gasteiger partial charge is 0.231 e. The number of rotatable bonds is 4. The van der Waals surface area contributed by atoms with Crippen LogP contribution in [0.4, 0.5) is 0 Å². The van der Waals surface area contributed by atoms with Gasteiger partial charge in [0, 0.05) is 0 Å². The van der Waals surface area contributed by atoms with Gasteiger partial charge in [0.05, 0.1) is 0 Å². The van der Waals surface area contributed by atoms with Gasteiger partial charge in [0.1, 0.15) is 0 Å². The summed E-state index contributed by atoms with van der Waals surface area (Å²) in [4.78, 5) is 0. The molecule has 4 nitrogen and oxygen atoms in total. The Labute approximate surface area is 227 Å². The van der Waals surface area contributed by atoms with E-state index < -0.39 is 7.92 Å². The van der Waals surface area contributed by atoms with E-state index in [1.165, 1.54) is 48.6 Å². The zero-order valence-corrected chi connectivity index (χ0v) is 21.9. The summed E-state index contributed by atoms with van der Waals surface area (Å²) in [6, 6.07) is 41.1. The lowest BCUT2D eigenvalue weighted by atomic mass is 9.94. The number of benzene rings is 6. The average Bonchev–Trinajstić information content (AvgIpc) is 3.66. The molecule has 0 saturated carbocycles. The quantitative estimate of drug-likeness (QED) is 0.235. The van der Waals surface area contributed by atoms with Gasteiger partial charge in [-0.1, -0.05) is 78.9 Å². The van der Waals surface area contributed by atoms with Gasteiger partial charge in [0.25, 0.3) is 0 Å². The monoisotopic (exact) mass is 526 g/mol. The second kappa shape index (κ2) is 9.04. The molecule has 0 N–H and O–H groups in total. The van der Waals surface area contributed by atoms with Crippen LogP contribution in [-0.4, -0.2) is 13.6 Å². The van der Waals surface area contributed by atoms with Gasteiger partial charge in [0.2, 0.25) is 13.6 Å². The van der Waals surface area contributed by atoms with Crippen molar-refractivity contribution in [1.82, 2.24) is 0 Å². The maximum Gasteiger partial charge on any atom is 0.231 e. The van der Waals surface area contributed by atoms with E-state index in [0.717, 1.165) is 23.0 Å². The van der Waals surface area contributed by atoms with Crippen LogP contribution >= 0.6 is 7.92 Å². The molecule has 0 radical (unpaired) electrons. The average molecular weight is 527 g/mol. The van der Waals surface area contributed by atoms with Crippen molar-refractivity contribution in [3.05, 3.63) is 115 Å². The third-order valence-electron chi connectivity index (χ3n) is 7.44. The van der Waals surface area contributed by atoms with Crippen LogP contribution in [-0.2, 0) is 0 Å². The fourth-order valence-electron chi connectivity index (χ4n) is 5.65. The third-order valence-corrected chi connectivity index (χ3v) is 9.88. The van der Waals surface area contributed by atoms with Crippen molar-refractivity contribution in [3.63, 3.8) is 0 Å².